The summed E-state index contributed by atoms with van der Waals surface area (Å²) >= 11 is 6.28. The third-order valence-corrected chi connectivity index (χ3v) is 7.62. The van der Waals surface area contributed by atoms with E-state index in [9.17, 15) is 18.7 Å². The summed E-state index contributed by atoms with van der Waals surface area (Å²) in [5.74, 6) is -0.508. The number of anilines is 1. The topological polar surface area (TPSA) is 138 Å². The Bertz CT molecular complexity index is 1820. The molecule has 0 radical (unpaired) electrons. The third kappa shape index (κ3) is 3.68. The first-order chi connectivity index (χ1) is 17.9. The largest absolute Gasteiger partial charge is 0.345 e. The molecular weight excluding hydrogens is 521 g/mol. The molecule has 11 nitrogen and oxygen atoms in total. The molecule has 5 aromatic heterocycles. The van der Waals surface area contributed by atoms with Crippen LogP contribution in [0.3, 0.4) is 0 Å². The van der Waals surface area contributed by atoms with Crippen LogP contribution in [0.15, 0.2) is 52.7 Å². The fourth-order valence-electron chi connectivity index (χ4n) is 4.78. The average Bonchev–Trinajstić information content (AvgIpc) is 3.60. The highest BCUT2D eigenvalue weighted by atomic mass is 35.5. The summed E-state index contributed by atoms with van der Waals surface area (Å²) in [5, 5.41) is 15.2. The van der Waals surface area contributed by atoms with Gasteiger partial charge in [-0.1, -0.05) is 17.7 Å². The first-order valence-corrected chi connectivity index (χ1v) is 13.1. The minimum absolute atomic E-state index is 0.0254. The van der Waals surface area contributed by atoms with Gasteiger partial charge in [-0.2, -0.15) is 14.8 Å². The lowest BCUT2D eigenvalue weighted by Gasteiger charge is -2.27. The molecule has 0 unspecified atom stereocenters. The second-order valence-corrected chi connectivity index (χ2v) is 10.3. The van der Waals surface area contributed by atoms with Crippen molar-refractivity contribution in [1.29, 1.82) is 5.26 Å². The van der Waals surface area contributed by atoms with Crippen LogP contribution in [0.1, 0.15) is 18.3 Å². The lowest BCUT2D eigenvalue weighted by molar-refractivity contribution is 0.561. The molecule has 1 fully saturated rings. The lowest BCUT2D eigenvalue weighted by atomic mass is 10.1. The van der Waals surface area contributed by atoms with Crippen LogP contribution in [0.5, 0.6) is 0 Å². The maximum absolute atomic E-state index is 14.2. The zero-order chi connectivity index (χ0) is 25.8. The first kappa shape index (κ1) is 23.3. The van der Waals surface area contributed by atoms with Gasteiger partial charge < -0.3 is 9.88 Å². The highest BCUT2D eigenvalue weighted by Gasteiger charge is 2.39. The van der Waals surface area contributed by atoms with Gasteiger partial charge in [-0.25, -0.2) is 24.0 Å². The van der Waals surface area contributed by atoms with Crippen molar-refractivity contribution in [3.05, 3.63) is 70.1 Å². The van der Waals surface area contributed by atoms with Gasteiger partial charge in [0.05, 0.1) is 44.1 Å². The van der Waals surface area contributed by atoms with Gasteiger partial charge >= 0.3 is 0 Å². The van der Waals surface area contributed by atoms with Crippen molar-refractivity contribution in [2.45, 2.75) is 17.4 Å². The van der Waals surface area contributed by atoms with Gasteiger partial charge in [-0.3, -0.25) is 9.00 Å². The van der Waals surface area contributed by atoms with Crippen LogP contribution in [0.25, 0.3) is 22.4 Å². The molecule has 14 heteroatoms. The summed E-state index contributed by atoms with van der Waals surface area (Å²) in [7, 11) is -1.35. The molecule has 37 heavy (non-hydrogen) atoms. The van der Waals surface area contributed by atoms with E-state index in [1.165, 1.54) is 33.6 Å². The van der Waals surface area contributed by atoms with Crippen molar-refractivity contribution in [2.75, 3.05) is 17.7 Å². The molecule has 0 bridgehead atoms. The predicted octanol–water partition coefficient (Wildman–Crippen LogP) is 2.77. The summed E-state index contributed by atoms with van der Waals surface area (Å²) < 4.78 is 29.2. The number of pyridine rings is 1. The second-order valence-electron chi connectivity index (χ2n) is 8.53. The minimum atomic E-state index is -1.35. The third-order valence-electron chi connectivity index (χ3n) is 6.37. The molecule has 1 N–H and O–H groups in total. The molecule has 0 spiro atoms. The number of nitrogens with one attached hydrogen (secondary N) is 1. The summed E-state index contributed by atoms with van der Waals surface area (Å²) in [6, 6.07) is 7.31. The van der Waals surface area contributed by atoms with E-state index < -0.39 is 34.3 Å². The molecule has 5 aromatic rings. The van der Waals surface area contributed by atoms with E-state index in [1.807, 2.05) is 4.90 Å². The molecular formula is C23H17ClFN9O2S. The van der Waals surface area contributed by atoms with Gasteiger partial charge in [0.15, 0.2) is 5.82 Å². The quantitative estimate of drug-likeness (QED) is 0.345. The Morgan fingerprint density at radius 3 is 2.89 bits per heavy atom. The van der Waals surface area contributed by atoms with Crippen molar-refractivity contribution in [3.63, 3.8) is 0 Å². The summed E-state index contributed by atoms with van der Waals surface area (Å²) in [6.07, 6.45) is 6.40. The standard InChI is InChI=1S/C23H17ClFN9O2S/c1-37(36)15-9-27-20-18(15)22(29-11-28-20)32-10-12(8-26)7-14(32)21-31-33-6-5-13(24)19(33)23(35)34(21)17-4-2-3-16(25)30-17/h2-6,9,11-12,14H,7,10H2,1H3,(H,27,28,29)/t12-,14+,37-/m1/s1. The van der Waals surface area contributed by atoms with Crippen LogP contribution in [0.4, 0.5) is 10.2 Å². The minimum Gasteiger partial charge on any atom is -0.345 e. The number of H-pyrrole nitrogens is 1. The van der Waals surface area contributed by atoms with Crippen LogP contribution in [-0.4, -0.2) is 51.1 Å². The first-order valence-electron chi connectivity index (χ1n) is 11.1. The van der Waals surface area contributed by atoms with Crippen LogP contribution < -0.4 is 10.5 Å². The Balaban J connectivity index is 1.64. The molecule has 3 atom stereocenters. The second kappa shape index (κ2) is 8.75. The SMILES string of the molecule is C[S@@](=O)c1c[nH]c2ncnc(N3C[C@@H](C#N)C[C@H]3c3nn4ccc(Cl)c4c(=O)n3-c3cccc(F)n3)c12. The van der Waals surface area contributed by atoms with Gasteiger partial charge in [-0.15, -0.1) is 0 Å². The molecule has 0 aliphatic carbocycles. The molecule has 0 amide bonds. The lowest BCUT2D eigenvalue weighted by Crippen LogP contribution is -2.34. The number of nitrogens with zero attached hydrogens (tertiary/aromatic N) is 8. The Morgan fingerprint density at radius 1 is 1.30 bits per heavy atom. The highest BCUT2D eigenvalue weighted by Crippen LogP contribution is 2.41. The van der Waals surface area contributed by atoms with E-state index >= 15 is 0 Å². The number of hydrogen-bond donors (Lipinski definition) is 1. The Labute approximate surface area is 215 Å². The maximum atomic E-state index is 14.2. The van der Waals surface area contributed by atoms with Gasteiger partial charge in [-0.05, 0) is 24.6 Å². The van der Waals surface area contributed by atoms with Crippen molar-refractivity contribution >= 4 is 44.8 Å². The van der Waals surface area contributed by atoms with Crippen LogP contribution >= 0.6 is 11.6 Å². The zero-order valence-corrected chi connectivity index (χ0v) is 20.7. The van der Waals surface area contributed by atoms with E-state index in [0.29, 0.717) is 28.2 Å². The van der Waals surface area contributed by atoms with E-state index in [-0.39, 0.29) is 28.7 Å². The van der Waals surface area contributed by atoms with Gasteiger partial charge in [0.2, 0.25) is 5.95 Å². The fraction of sp³-hybridized carbons (Fsp3) is 0.217. The normalized spacial score (nSPS) is 18.5. The molecule has 1 aliphatic rings. The Morgan fingerprint density at radius 2 is 2.14 bits per heavy atom. The number of hydrogen-bond acceptors (Lipinski definition) is 8. The number of nitriles is 1. The average molecular weight is 538 g/mol. The Kier molecular flexibility index (Phi) is 5.50. The number of halogens is 2. The number of rotatable bonds is 4. The van der Waals surface area contributed by atoms with Crippen molar-refractivity contribution in [3.8, 4) is 11.9 Å². The molecule has 0 saturated carbocycles. The summed E-state index contributed by atoms with van der Waals surface area (Å²) in [6.45, 7) is 0.269. The molecule has 1 aliphatic heterocycles. The van der Waals surface area contributed by atoms with E-state index in [0.717, 1.165) is 0 Å². The Hall–Kier alpha value is -4.15. The predicted molar refractivity (Wildman–Crippen MR) is 134 cm³/mol. The highest BCUT2D eigenvalue weighted by molar-refractivity contribution is 7.84. The van der Waals surface area contributed by atoms with Crippen molar-refractivity contribution < 1.29 is 8.60 Å². The summed E-state index contributed by atoms with van der Waals surface area (Å²) in [5.41, 5.74) is 0.0546. The van der Waals surface area contributed by atoms with Crippen molar-refractivity contribution in [1.82, 2.24) is 34.1 Å². The van der Waals surface area contributed by atoms with Gasteiger partial charge in [0.1, 0.15) is 29.1 Å². The monoisotopic (exact) mass is 537 g/mol. The van der Waals surface area contributed by atoms with Crippen LogP contribution in [0, 0.1) is 23.2 Å². The zero-order valence-electron chi connectivity index (χ0n) is 19.2. The van der Waals surface area contributed by atoms with Crippen LogP contribution in [0.2, 0.25) is 5.02 Å². The molecule has 6 rings (SSSR count). The molecule has 186 valence electrons. The summed E-state index contributed by atoms with van der Waals surface area (Å²) in [4.78, 5) is 31.7. The molecule has 1 saturated heterocycles. The number of aromatic amines is 1. The van der Waals surface area contributed by atoms with Crippen LogP contribution in [-0.2, 0) is 10.8 Å². The fourth-order valence-corrected chi connectivity index (χ4v) is 5.70. The van der Waals surface area contributed by atoms with Crippen molar-refractivity contribution in [2.24, 2.45) is 5.92 Å². The van der Waals surface area contributed by atoms with Gasteiger partial charge in [0.25, 0.3) is 5.56 Å². The smallest absolute Gasteiger partial charge is 0.285 e. The van der Waals surface area contributed by atoms with Gasteiger partial charge in [0, 0.05) is 25.2 Å². The van der Waals surface area contributed by atoms with E-state index in [4.69, 9.17) is 11.6 Å². The maximum Gasteiger partial charge on any atom is 0.285 e. The molecule has 6 heterocycles. The number of aromatic nitrogens is 7. The number of fused-ring (bicyclic) bond motifs is 2. The van der Waals surface area contributed by atoms with E-state index in [2.05, 4.69) is 31.1 Å². The molecule has 0 aromatic carbocycles. The van der Waals surface area contributed by atoms with E-state index in [1.54, 1.807) is 24.7 Å².